The number of benzene rings is 1. The fraction of sp³-hybridized carbons (Fsp3) is 0.560. The topological polar surface area (TPSA) is 61.2 Å². The number of nitrogens with zero attached hydrogens (tertiary/aromatic N) is 3. The molecule has 0 saturated carbocycles. The number of nitrogens with one attached hydrogen (secondary N) is 1. The van der Waals surface area contributed by atoms with Crippen molar-refractivity contribution < 1.29 is 13.9 Å². The van der Waals surface area contributed by atoms with E-state index in [1.807, 2.05) is 12.1 Å². The van der Waals surface area contributed by atoms with Crippen LogP contribution in [0.15, 0.2) is 47.1 Å². The van der Waals surface area contributed by atoms with Gasteiger partial charge in [0, 0.05) is 51.9 Å². The van der Waals surface area contributed by atoms with Crippen LogP contribution in [0.5, 0.6) is 5.75 Å². The molecule has 7 nitrogen and oxygen atoms in total. The lowest BCUT2D eigenvalue weighted by Gasteiger charge is -2.51. The van der Waals surface area contributed by atoms with Crippen molar-refractivity contribution in [3.8, 4) is 5.75 Å². The second-order valence-electron chi connectivity index (χ2n) is 9.34. The summed E-state index contributed by atoms with van der Waals surface area (Å²) >= 11 is 0. The average Bonchev–Trinajstić information content (AvgIpc) is 3.39. The molecule has 4 aliphatic rings. The Bertz CT molecular complexity index is 894. The Morgan fingerprint density at radius 3 is 2.69 bits per heavy atom. The van der Waals surface area contributed by atoms with Gasteiger partial charge in [0.25, 0.3) is 5.91 Å². The molecule has 4 fully saturated rings. The summed E-state index contributed by atoms with van der Waals surface area (Å²) in [6, 6.07) is 12.2. The van der Waals surface area contributed by atoms with E-state index < -0.39 is 0 Å². The molecule has 172 valence electrons. The minimum Gasteiger partial charge on any atom is -0.495 e. The number of methoxy groups -OCH3 is 1. The van der Waals surface area contributed by atoms with Gasteiger partial charge in [-0.3, -0.25) is 14.6 Å². The minimum absolute atomic E-state index is 0.109. The van der Waals surface area contributed by atoms with E-state index in [1.165, 1.54) is 25.1 Å². The Kier molecular flexibility index (Phi) is 6.37. The van der Waals surface area contributed by atoms with Crippen LogP contribution in [0.1, 0.15) is 23.4 Å². The highest BCUT2D eigenvalue weighted by atomic mass is 16.5. The van der Waals surface area contributed by atoms with Gasteiger partial charge in [0.1, 0.15) is 5.75 Å². The van der Waals surface area contributed by atoms with E-state index in [1.54, 1.807) is 25.5 Å². The van der Waals surface area contributed by atoms with E-state index in [-0.39, 0.29) is 5.91 Å². The minimum atomic E-state index is -0.109. The molecule has 6 rings (SSSR count). The van der Waals surface area contributed by atoms with Crippen molar-refractivity contribution in [1.29, 1.82) is 0 Å². The predicted molar refractivity (Wildman–Crippen MR) is 124 cm³/mol. The molecule has 2 bridgehead atoms. The summed E-state index contributed by atoms with van der Waals surface area (Å²) in [5.41, 5.74) is 1.21. The number of carbonyl (C=O) groups is 1. The first kappa shape index (κ1) is 21.3. The van der Waals surface area contributed by atoms with Gasteiger partial charge >= 0.3 is 0 Å². The number of piperazine rings is 1. The molecule has 2 aromatic rings. The molecule has 1 aromatic carbocycles. The molecule has 0 aliphatic carbocycles. The lowest BCUT2D eigenvalue weighted by molar-refractivity contribution is -0.0121. The van der Waals surface area contributed by atoms with Gasteiger partial charge in [0.05, 0.1) is 19.1 Å². The van der Waals surface area contributed by atoms with Crippen LogP contribution < -0.4 is 15.0 Å². The van der Waals surface area contributed by atoms with Crippen LogP contribution in [-0.4, -0.2) is 81.2 Å². The first-order valence-corrected chi connectivity index (χ1v) is 11.9. The number of furan rings is 1. The smallest absolute Gasteiger partial charge is 0.287 e. The van der Waals surface area contributed by atoms with Crippen molar-refractivity contribution in [1.82, 2.24) is 15.1 Å². The summed E-state index contributed by atoms with van der Waals surface area (Å²) in [6.45, 7) is 8.50. The van der Waals surface area contributed by atoms with Crippen LogP contribution >= 0.6 is 0 Å². The lowest BCUT2D eigenvalue weighted by Crippen LogP contribution is -2.59. The molecule has 4 aliphatic heterocycles. The van der Waals surface area contributed by atoms with E-state index in [9.17, 15) is 4.79 Å². The Morgan fingerprint density at radius 1 is 1.12 bits per heavy atom. The maximum atomic E-state index is 12.2. The monoisotopic (exact) mass is 438 g/mol. The average molecular weight is 439 g/mol. The van der Waals surface area contributed by atoms with Crippen LogP contribution in [0.25, 0.3) is 0 Å². The third-order valence-electron chi connectivity index (χ3n) is 7.55. The van der Waals surface area contributed by atoms with Crippen molar-refractivity contribution in [3.63, 3.8) is 0 Å². The number of para-hydroxylation sites is 2. The molecule has 0 radical (unpaired) electrons. The van der Waals surface area contributed by atoms with Gasteiger partial charge in [-0.15, -0.1) is 0 Å². The van der Waals surface area contributed by atoms with Crippen LogP contribution in [0, 0.1) is 11.8 Å². The van der Waals surface area contributed by atoms with Crippen molar-refractivity contribution in [3.05, 3.63) is 48.4 Å². The molecule has 4 saturated heterocycles. The summed E-state index contributed by atoms with van der Waals surface area (Å²) in [5.74, 6) is 2.74. The molecule has 1 amide bonds. The largest absolute Gasteiger partial charge is 0.495 e. The number of rotatable bonds is 7. The number of carbonyl (C=O) groups excluding carboxylic acids is 1. The summed E-state index contributed by atoms with van der Waals surface area (Å²) in [6.07, 6.45) is 4.01. The first-order chi connectivity index (χ1) is 15.7. The maximum Gasteiger partial charge on any atom is 0.287 e. The number of hydrogen-bond donors (Lipinski definition) is 1. The zero-order valence-electron chi connectivity index (χ0n) is 18.9. The molecule has 0 spiro atoms. The van der Waals surface area contributed by atoms with Crippen molar-refractivity contribution >= 4 is 11.6 Å². The van der Waals surface area contributed by atoms with Crippen LogP contribution in [0.4, 0.5) is 5.69 Å². The van der Waals surface area contributed by atoms with E-state index in [2.05, 4.69) is 32.1 Å². The molecule has 5 heterocycles. The first-order valence-electron chi connectivity index (χ1n) is 11.9. The van der Waals surface area contributed by atoms with Gasteiger partial charge in [-0.2, -0.15) is 0 Å². The van der Waals surface area contributed by atoms with Gasteiger partial charge in [-0.25, -0.2) is 0 Å². The van der Waals surface area contributed by atoms with Crippen molar-refractivity contribution in [2.24, 2.45) is 11.8 Å². The molecule has 1 aromatic heterocycles. The number of fused-ring (bicyclic) bond motifs is 3. The van der Waals surface area contributed by atoms with E-state index in [0.29, 0.717) is 18.3 Å². The SMILES string of the molecule is COc1ccccc1N1CCN(CC2CN3CCC2CC3CNC(=O)c2ccco2)CC1. The number of amides is 1. The third-order valence-corrected chi connectivity index (χ3v) is 7.55. The molecular formula is C25H34N4O3. The second-order valence-corrected chi connectivity index (χ2v) is 9.34. The summed E-state index contributed by atoms with van der Waals surface area (Å²) < 4.78 is 10.8. The Balaban J connectivity index is 1.10. The van der Waals surface area contributed by atoms with E-state index >= 15 is 0 Å². The molecule has 7 heteroatoms. The summed E-state index contributed by atoms with van der Waals surface area (Å²) in [4.78, 5) is 19.9. The van der Waals surface area contributed by atoms with Crippen LogP contribution in [0.3, 0.4) is 0 Å². The Morgan fingerprint density at radius 2 is 1.97 bits per heavy atom. The zero-order valence-corrected chi connectivity index (χ0v) is 18.9. The van der Waals surface area contributed by atoms with Gasteiger partial charge in [0.2, 0.25) is 0 Å². The Labute approximate surface area is 190 Å². The van der Waals surface area contributed by atoms with Crippen molar-refractivity contribution in [2.75, 3.05) is 64.4 Å². The molecule has 4 unspecified atom stereocenters. The molecule has 4 atom stereocenters. The highest BCUT2D eigenvalue weighted by molar-refractivity contribution is 5.91. The quantitative estimate of drug-likeness (QED) is 0.717. The second kappa shape index (κ2) is 9.55. The predicted octanol–water partition coefficient (Wildman–Crippen LogP) is 2.55. The standard InChI is InChI=1S/C25H34N4O3/c1-31-23-6-3-2-5-22(23)28-12-10-27(11-13-28)17-20-18-29-9-8-19(20)15-21(29)16-26-25(30)24-7-4-14-32-24/h2-7,14,19-21H,8-13,15-18H2,1H3,(H,26,30). The third kappa shape index (κ3) is 4.50. The van der Waals surface area contributed by atoms with E-state index in [4.69, 9.17) is 9.15 Å². The lowest BCUT2D eigenvalue weighted by atomic mass is 9.75. The van der Waals surface area contributed by atoms with Gasteiger partial charge in [0.15, 0.2) is 5.76 Å². The van der Waals surface area contributed by atoms with Gasteiger partial charge < -0.3 is 19.4 Å². The normalized spacial score (nSPS) is 28.0. The number of piperidine rings is 3. The number of ether oxygens (including phenoxy) is 1. The molecule has 1 N–H and O–H groups in total. The fourth-order valence-corrected chi connectivity index (χ4v) is 5.77. The molecular weight excluding hydrogens is 404 g/mol. The highest BCUT2D eigenvalue weighted by Crippen LogP contribution is 2.37. The maximum absolute atomic E-state index is 12.2. The van der Waals surface area contributed by atoms with Gasteiger partial charge in [-0.05, 0) is 55.5 Å². The number of anilines is 1. The highest BCUT2D eigenvalue weighted by Gasteiger charge is 2.40. The summed E-state index contributed by atoms with van der Waals surface area (Å²) in [5, 5.41) is 3.07. The fourth-order valence-electron chi connectivity index (χ4n) is 5.77. The Hall–Kier alpha value is -2.51. The molecule has 32 heavy (non-hydrogen) atoms. The van der Waals surface area contributed by atoms with Gasteiger partial charge in [-0.1, -0.05) is 12.1 Å². The van der Waals surface area contributed by atoms with E-state index in [0.717, 1.165) is 56.9 Å². The summed E-state index contributed by atoms with van der Waals surface area (Å²) in [7, 11) is 1.75. The van der Waals surface area contributed by atoms with Crippen LogP contribution in [-0.2, 0) is 0 Å². The van der Waals surface area contributed by atoms with Crippen LogP contribution in [0.2, 0.25) is 0 Å². The van der Waals surface area contributed by atoms with Crippen molar-refractivity contribution in [2.45, 2.75) is 18.9 Å². The zero-order chi connectivity index (χ0) is 21.9. The number of hydrogen-bond acceptors (Lipinski definition) is 6.